The van der Waals surface area contributed by atoms with Crippen molar-refractivity contribution in [1.82, 2.24) is 0 Å². The number of carboxylic acids is 4. The molecule has 0 saturated carbocycles. The fraction of sp³-hybridized carbons (Fsp3) is 0.917. The van der Waals surface area contributed by atoms with Gasteiger partial charge in [0.05, 0.1) is 0 Å². The number of hydrogen-bond acceptors (Lipinski definition) is 16. The van der Waals surface area contributed by atoms with Crippen LogP contribution >= 0.6 is 0 Å². The van der Waals surface area contributed by atoms with E-state index in [2.05, 4.69) is 83.1 Å². The van der Waals surface area contributed by atoms with Crippen molar-refractivity contribution in [3.63, 3.8) is 0 Å². The predicted octanol–water partition coefficient (Wildman–Crippen LogP) is 5.33. The van der Waals surface area contributed by atoms with Gasteiger partial charge in [0, 0.05) is 82.6 Å². The van der Waals surface area contributed by atoms with E-state index in [1.54, 1.807) is 0 Å². The van der Waals surface area contributed by atoms with Crippen LogP contribution in [0.5, 0.6) is 0 Å². The largest absolute Gasteiger partial charge is 4.00 e. The molecule has 0 bridgehead atoms. The quantitative estimate of drug-likeness (QED) is 0.0548. The normalized spacial score (nSPS) is 12.6. The Bertz CT molecular complexity index is 1050. The van der Waals surface area contributed by atoms with Crippen LogP contribution in [-0.2, 0) is 78.8 Å². The predicted molar refractivity (Wildman–Crippen MR) is 239 cm³/mol. The van der Waals surface area contributed by atoms with Gasteiger partial charge in [0.15, 0.2) is 0 Å². The minimum atomic E-state index is -1.59. The topological polar surface area (TPSA) is 234 Å². The van der Waals surface area contributed by atoms with Crippen LogP contribution in [0.4, 0.5) is 0 Å². The summed E-state index contributed by atoms with van der Waals surface area (Å²) in [5.74, 6) is -11.6. The number of carboxylic acid groups (broad SMARTS) is 4. The van der Waals surface area contributed by atoms with Crippen LogP contribution in [0.3, 0.4) is 0 Å². The maximum Gasteiger partial charge on any atom is 4.00 e. The second-order valence-electron chi connectivity index (χ2n) is 20.9. The molecule has 17 heteroatoms. The zero-order valence-electron chi connectivity index (χ0n) is 44.3. The number of methoxy groups -OCH3 is 8. The van der Waals surface area contributed by atoms with Crippen LogP contribution in [0.1, 0.15) is 186 Å². The first kappa shape index (κ1) is 72.3. The van der Waals surface area contributed by atoms with E-state index in [9.17, 15) is 39.6 Å². The molecule has 0 amide bonds. The van der Waals surface area contributed by atoms with Crippen molar-refractivity contribution in [3.8, 4) is 0 Å². The Balaban J connectivity index is -0.000000245. The maximum absolute atomic E-state index is 10.9. The van der Waals surface area contributed by atoms with E-state index in [1.807, 2.05) is 0 Å². The number of ether oxygens (including phenoxy) is 8. The van der Waals surface area contributed by atoms with Gasteiger partial charge < -0.3 is 77.5 Å². The van der Waals surface area contributed by atoms with Crippen molar-refractivity contribution in [2.75, 3.05) is 56.9 Å². The number of aliphatic carboxylic acids is 4. The summed E-state index contributed by atoms with van der Waals surface area (Å²) in [6.07, 6.45) is 12.2. The smallest absolute Gasteiger partial charge is 0.544 e. The van der Waals surface area contributed by atoms with E-state index in [-0.39, 0.29) is 43.4 Å². The Labute approximate surface area is 409 Å². The fourth-order valence-corrected chi connectivity index (χ4v) is 6.28. The van der Waals surface area contributed by atoms with Crippen molar-refractivity contribution in [2.24, 2.45) is 21.7 Å². The van der Waals surface area contributed by atoms with Gasteiger partial charge in [-0.05, 0) is 73.0 Å². The third kappa shape index (κ3) is 33.4. The molecule has 0 aliphatic heterocycles. The molecule has 0 aromatic heterocycles. The number of unbranched alkanes of at least 4 members (excludes halogenated alkanes) is 4. The van der Waals surface area contributed by atoms with E-state index in [4.69, 9.17) is 37.9 Å². The van der Waals surface area contributed by atoms with E-state index >= 15 is 0 Å². The van der Waals surface area contributed by atoms with Gasteiger partial charge in [-0.2, -0.15) is 0 Å². The summed E-state index contributed by atoms with van der Waals surface area (Å²) in [5.41, 5.74) is 1.07. The van der Waals surface area contributed by atoms with Crippen LogP contribution in [0.25, 0.3) is 0 Å². The van der Waals surface area contributed by atoms with E-state index in [1.165, 1.54) is 56.9 Å². The summed E-state index contributed by atoms with van der Waals surface area (Å²) in [4.78, 5) is 43.7. The molecule has 0 saturated heterocycles. The molecule has 0 fully saturated rings. The molecule has 0 atom stereocenters. The molecule has 16 nitrogen and oxygen atoms in total. The Hall–Kier alpha value is -1.73. The van der Waals surface area contributed by atoms with Gasteiger partial charge in [-0.3, -0.25) is 0 Å². The van der Waals surface area contributed by atoms with E-state index in [0.717, 1.165) is 77.0 Å². The van der Waals surface area contributed by atoms with E-state index < -0.39 is 47.0 Å². The molecule has 0 radical (unpaired) electrons. The average Bonchev–Trinajstić information content (AvgIpc) is 3.17. The Morgan fingerprint density at radius 1 is 0.277 bits per heavy atom. The molecular weight excluding hydrogens is 880 g/mol. The molecule has 0 aromatic carbocycles. The first-order valence-corrected chi connectivity index (χ1v) is 22.4. The number of carbonyl (C=O) groups is 4. The van der Waals surface area contributed by atoms with Crippen molar-refractivity contribution in [2.45, 2.75) is 209 Å². The first-order chi connectivity index (χ1) is 29.1. The summed E-state index contributed by atoms with van der Waals surface area (Å²) < 4.78 is 39.2. The second kappa shape index (κ2) is 34.5. The van der Waals surface area contributed by atoms with Crippen molar-refractivity contribution in [3.05, 3.63) is 0 Å². The molecule has 384 valence electrons. The molecule has 0 heterocycles. The summed E-state index contributed by atoms with van der Waals surface area (Å²) in [6.45, 7) is 25.9. The minimum absolute atomic E-state index is 0. The zero-order valence-corrected chi connectivity index (χ0v) is 45.9. The third-order valence-corrected chi connectivity index (χ3v) is 10.6. The molecule has 0 aliphatic rings. The maximum atomic E-state index is 10.9. The van der Waals surface area contributed by atoms with Crippen LogP contribution in [0.15, 0.2) is 0 Å². The summed E-state index contributed by atoms with van der Waals surface area (Å²) in [5, 5.41) is 43.7. The fourth-order valence-electron chi connectivity index (χ4n) is 6.28. The van der Waals surface area contributed by atoms with Crippen molar-refractivity contribution >= 4 is 23.9 Å². The Kier molecular flexibility index (Phi) is 38.4. The summed E-state index contributed by atoms with van der Waals surface area (Å²) in [7, 11) is 10.6. The van der Waals surface area contributed by atoms with Crippen molar-refractivity contribution in [1.29, 1.82) is 0 Å². The number of hydrogen-bond donors (Lipinski definition) is 0. The zero-order chi connectivity index (χ0) is 51.3. The number of carbonyl (C=O) groups excluding carboxylic acids is 4. The van der Waals surface area contributed by atoms with Gasteiger partial charge in [0.25, 0.3) is 0 Å². The van der Waals surface area contributed by atoms with E-state index in [0.29, 0.717) is 25.7 Å². The van der Waals surface area contributed by atoms with Crippen LogP contribution in [0, 0.1) is 21.7 Å². The molecular formula is C48H92O16Ti. The molecule has 65 heavy (non-hydrogen) atoms. The number of rotatable bonds is 28. The van der Waals surface area contributed by atoms with Gasteiger partial charge in [-0.15, -0.1) is 0 Å². The molecule has 0 spiro atoms. The molecule has 0 rings (SSSR count). The standard InChI is InChI=1S/4C12H24O4.Ti/c4*1-11(2,3)8-6-7-9-12(15-4,16-5)10(13)14;/h4*6-9H2,1-5H3,(H,13,14);/q;;;;+4/p-4. The van der Waals surface area contributed by atoms with Gasteiger partial charge in [0.2, 0.25) is 23.1 Å². The SMILES string of the molecule is COC(CCCCC(C)(C)C)(OC)C(=O)[O-].COC(CCCCC(C)(C)C)(OC)C(=O)[O-].COC(CCCCC(C)(C)C)(OC)C(=O)[O-].COC(CCCCC(C)(C)C)(OC)C(=O)[O-].[Ti+4]. The average molecular weight is 973 g/mol. The summed E-state index contributed by atoms with van der Waals surface area (Å²) in [6, 6.07) is 0. The molecule has 0 aromatic rings. The van der Waals surface area contributed by atoms with Gasteiger partial charge in [-0.1, -0.05) is 109 Å². The van der Waals surface area contributed by atoms with Crippen LogP contribution in [-0.4, -0.2) is 104 Å². The third-order valence-electron chi connectivity index (χ3n) is 10.6. The van der Waals surface area contributed by atoms with Crippen LogP contribution < -0.4 is 20.4 Å². The van der Waals surface area contributed by atoms with Gasteiger partial charge >= 0.3 is 21.7 Å². The molecule has 0 N–H and O–H groups in total. The monoisotopic (exact) mass is 973 g/mol. The Morgan fingerprint density at radius 2 is 0.385 bits per heavy atom. The van der Waals surface area contributed by atoms with Gasteiger partial charge in [0.1, 0.15) is 23.9 Å². The Morgan fingerprint density at radius 3 is 0.462 bits per heavy atom. The van der Waals surface area contributed by atoms with Crippen LogP contribution in [0.2, 0.25) is 0 Å². The molecule has 0 unspecified atom stereocenters. The summed E-state index contributed by atoms with van der Waals surface area (Å²) >= 11 is 0. The van der Waals surface area contributed by atoms with Crippen molar-refractivity contribution < 1.29 is 99.2 Å². The first-order valence-electron chi connectivity index (χ1n) is 22.4. The van der Waals surface area contributed by atoms with Gasteiger partial charge in [-0.25, -0.2) is 0 Å². The minimum Gasteiger partial charge on any atom is -0.544 e. The second-order valence-corrected chi connectivity index (χ2v) is 20.9. The molecule has 0 aliphatic carbocycles.